The Morgan fingerprint density at radius 1 is 1.09 bits per heavy atom. The molecule has 3 rings (SSSR count). The van der Waals surface area contributed by atoms with Crippen molar-refractivity contribution < 1.29 is 24.2 Å². The molecule has 1 aromatic heterocycles. The lowest BCUT2D eigenvalue weighted by molar-refractivity contribution is -0.139. The molecule has 5 N–H and O–H groups in total. The highest BCUT2D eigenvalue weighted by atomic mass is 16.6. The quantitative estimate of drug-likeness (QED) is 0.437. The number of nitrogens with two attached hydrogens (primary N) is 1. The number of carboxylic acid groups (broad SMARTS) is 1. The molecule has 32 heavy (non-hydrogen) atoms. The van der Waals surface area contributed by atoms with Crippen molar-refractivity contribution in [3.63, 3.8) is 0 Å². The summed E-state index contributed by atoms with van der Waals surface area (Å²) in [5.74, 6) is -1.54. The Balaban J connectivity index is 1.85. The van der Waals surface area contributed by atoms with Crippen LogP contribution in [0.25, 0.3) is 10.9 Å². The largest absolute Gasteiger partial charge is 0.480 e. The van der Waals surface area contributed by atoms with E-state index in [0.29, 0.717) is 22.3 Å². The Morgan fingerprint density at radius 3 is 2.38 bits per heavy atom. The van der Waals surface area contributed by atoms with E-state index in [-0.39, 0.29) is 12.3 Å². The van der Waals surface area contributed by atoms with Crippen molar-refractivity contribution in [2.24, 2.45) is 0 Å². The van der Waals surface area contributed by atoms with Crippen molar-refractivity contribution in [2.75, 3.05) is 11.2 Å². The number of nitrogens with zero attached hydrogens (tertiary/aromatic N) is 1. The summed E-state index contributed by atoms with van der Waals surface area (Å²) < 4.78 is 6.71. The van der Waals surface area contributed by atoms with Crippen molar-refractivity contribution in [2.45, 2.75) is 38.8 Å². The monoisotopic (exact) mass is 438 g/mol. The maximum Gasteiger partial charge on any atom is 0.408 e. The lowest BCUT2D eigenvalue weighted by Crippen LogP contribution is -2.44. The first-order valence-electron chi connectivity index (χ1n) is 10.0. The summed E-state index contributed by atoms with van der Waals surface area (Å²) in [6.45, 7) is 5.08. The molecule has 0 saturated heterocycles. The third-order valence-corrected chi connectivity index (χ3v) is 4.60. The molecule has 9 heteroatoms. The summed E-state index contributed by atoms with van der Waals surface area (Å²) in [4.78, 5) is 36.5. The first-order valence-corrected chi connectivity index (χ1v) is 10.0. The summed E-state index contributed by atoms with van der Waals surface area (Å²) in [5, 5.41) is 12.8. The second-order valence-corrected chi connectivity index (χ2v) is 8.35. The van der Waals surface area contributed by atoms with Gasteiger partial charge in [-0.2, -0.15) is 0 Å². The zero-order chi connectivity index (χ0) is 23.5. The summed E-state index contributed by atoms with van der Waals surface area (Å²) >= 11 is 0. The van der Waals surface area contributed by atoms with E-state index in [2.05, 4.69) is 10.7 Å². The maximum absolute atomic E-state index is 12.6. The minimum atomic E-state index is -1.21. The van der Waals surface area contributed by atoms with E-state index in [1.165, 1.54) is 4.68 Å². The van der Waals surface area contributed by atoms with Gasteiger partial charge < -0.3 is 20.9 Å². The third-order valence-electron chi connectivity index (χ3n) is 4.60. The number of rotatable bonds is 6. The van der Waals surface area contributed by atoms with Crippen LogP contribution in [-0.2, 0) is 16.0 Å². The molecule has 0 spiro atoms. The number of ether oxygens (including phenoxy) is 1. The van der Waals surface area contributed by atoms with Gasteiger partial charge in [0.05, 0.1) is 5.52 Å². The van der Waals surface area contributed by atoms with Crippen LogP contribution < -0.4 is 16.5 Å². The fraction of sp³-hybridized carbons (Fsp3) is 0.261. The number of fused-ring (bicyclic) bond motifs is 1. The number of aromatic nitrogens is 1. The Morgan fingerprint density at radius 2 is 1.75 bits per heavy atom. The summed E-state index contributed by atoms with van der Waals surface area (Å²) in [5.41, 5.74) is 10.0. The number of hydrogen-bond acceptors (Lipinski definition) is 5. The molecule has 0 fully saturated rings. The normalized spacial score (nSPS) is 12.2. The zero-order valence-electron chi connectivity index (χ0n) is 18.1. The van der Waals surface area contributed by atoms with Gasteiger partial charge in [-0.15, -0.1) is 0 Å². The third kappa shape index (κ3) is 5.57. The second kappa shape index (κ2) is 9.01. The van der Waals surface area contributed by atoms with Crippen molar-refractivity contribution in [1.82, 2.24) is 9.99 Å². The molecule has 0 aliphatic rings. The van der Waals surface area contributed by atoms with Crippen LogP contribution in [0.3, 0.4) is 0 Å². The molecule has 168 valence electrons. The van der Waals surface area contributed by atoms with Crippen LogP contribution in [0.4, 0.5) is 10.5 Å². The number of alkyl carbamates (subject to hydrolysis) is 1. The number of nitrogen functional groups attached to an aromatic ring is 1. The molecular formula is C23H26N4O5. The minimum Gasteiger partial charge on any atom is -0.480 e. The minimum absolute atomic E-state index is 0.000168. The summed E-state index contributed by atoms with van der Waals surface area (Å²) in [6.07, 6.45) is 0.831. The number of carboxylic acids is 1. The smallest absolute Gasteiger partial charge is 0.408 e. The van der Waals surface area contributed by atoms with Gasteiger partial charge in [0.1, 0.15) is 11.6 Å². The predicted molar refractivity (Wildman–Crippen MR) is 121 cm³/mol. The van der Waals surface area contributed by atoms with E-state index in [1.54, 1.807) is 57.3 Å². The van der Waals surface area contributed by atoms with Crippen molar-refractivity contribution >= 4 is 34.6 Å². The van der Waals surface area contributed by atoms with Gasteiger partial charge in [0.15, 0.2) is 0 Å². The van der Waals surface area contributed by atoms with Crippen LogP contribution in [0.5, 0.6) is 0 Å². The number of anilines is 1. The average Bonchev–Trinajstić information content (AvgIpc) is 3.04. The number of amides is 2. The fourth-order valence-corrected chi connectivity index (χ4v) is 3.18. The molecule has 1 atom stereocenters. The van der Waals surface area contributed by atoms with Crippen molar-refractivity contribution in [3.8, 4) is 0 Å². The van der Waals surface area contributed by atoms with Crippen LogP contribution in [0.2, 0.25) is 0 Å². The van der Waals surface area contributed by atoms with Crippen molar-refractivity contribution in [3.05, 3.63) is 65.9 Å². The molecule has 0 aliphatic heterocycles. The molecule has 0 aliphatic carbocycles. The Hall–Kier alpha value is -4.01. The fourth-order valence-electron chi connectivity index (χ4n) is 3.18. The molecule has 0 saturated carbocycles. The molecule has 9 nitrogen and oxygen atoms in total. The van der Waals surface area contributed by atoms with Crippen molar-refractivity contribution in [1.29, 1.82) is 0 Å². The van der Waals surface area contributed by atoms with Gasteiger partial charge in [-0.1, -0.05) is 18.2 Å². The average molecular weight is 438 g/mol. The molecule has 2 aromatic carbocycles. The van der Waals surface area contributed by atoms with Crippen LogP contribution in [0.1, 0.15) is 36.7 Å². The summed E-state index contributed by atoms with van der Waals surface area (Å²) in [6, 6.07) is 12.5. The van der Waals surface area contributed by atoms with Gasteiger partial charge in [-0.25, -0.2) is 9.59 Å². The molecular weight excluding hydrogens is 412 g/mol. The molecule has 0 bridgehead atoms. The van der Waals surface area contributed by atoms with Crippen LogP contribution in [0, 0.1) is 0 Å². The first-order chi connectivity index (χ1) is 15.0. The number of carbonyl (C=O) groups is 3. The molecule has 0 unspecified atom stereocenters. The Kier molecular flexibility index (Phi) is 6.38. The zero-order valence-corrected chi connectivity index (χ0v) is 18.1. The van der Waals surface area contributed by atoms with Gasteiger partial charge in [-0.05, 0) is 56.7 Å². The molecule has 3 aromatic rings. The van der Waals surface area contributed by atoms with E-state index in [9.17, 15) is 19.5 Å². The lowest BCUT2D eigenvalue weighted by Gasteiger charge is -2.22. The first kappa shape index (κ1) is 22.7. The number of hydrogen-bond donors (Lipinski definition) is 4. The highest BCUT2D eigenvalue weighted by molar-refractivity contribution is 6.01. The number of carbonyl (C=O) groups excluding carboxylic acids is 2. The number of nitrogens with one attached hydrogen (secondary N) is 2. The van der Waals surface area contributed by atoms with E-state index in [0.717, 1.165) is 5.39 Å². The number of benzene rings is 2. The van der Waals surface area contributed by atoms with E-state index in [1.807, 2.05) is 18.2 Å². The van der Waals surface area contributed by atoms with Crippen LogP contribution in [-0.4, -0.2) is 39.4 Å². The Labute approximate surface area is 185 Å². The lowest BCUT2D eigenvalue weighted by atomic mass is 10.1. The highest BCUT2D eigenvalue weighted by Crippen LogP contribution is 2.22. The highest BCUT2D eigenvalue weighted by Gasteiger charge is 2.25. The van der Waals surface area contributed by atoms with E-state index >= 15 is 0 Å². The molecule has 1 heterocycles. The predicted octanol–water partition coefficient (Wildman–Crippen LogP) is 3.13. The van der Waals surface area contributed by atoms with Crippen LogP contribution >= 0.6 is 0 Å². The van der Waals surface area contributed by atoms with E-state index < -0.39 is 23.7 Å². The molecule has 2 amide bonds. The number of para-hydroxylation sites is 1. The van der Waals surface area contributed by atoms with Gasteiger partial charge in [-0.3, -0.25) is 14.9 Å². The Bertz CT molecular complexity index is 1150. The second-order valence-electron chi connectivity index (χ2n) is 8.35. The SMILES string of the molecule is CC(C)(C)OC(=O)N[C@@H](Cc1cn(NC(=O)c2ccc(N)cc2)c2ccccc12)C(=O)O. The van der Waals surface area contributed by atoms with Gasteiger partial charge >= 0.3 is 12.1 Å². The standard InChI is InChI=1S/C23H26N4O5/c1-23(2,3)32-22(31)25-18(21(29)30)12-15-13-27(19-7-5-4-6-17(15)19)26-20(28)14-8-10-16(24)11-9-14/h4-11,13,18H,12,24H2,1-3H3,(H,25,31)(H,26,28)(H,29,30)/t18-/m0/s1. The summed E-state index contributed by atoms with van der Waals surface area (Å²) in [7, 11) is 0. The topological polar surface area (TPSA) is 136 Å². The van der Waals surface area contributed by atoms with E-state index in [4.69, 9.17) is 10.5 Å². The van der Waals surface area contributed by atoms with Crippen LogP contribution in [0.15, 0.2) is 54.7 Å². The molecule has 0 radical (unpaired) electrons. The van der Waals surface area contributed by atoms with Gasteiger partial charge in [0.2, 0.25) is 0 Å². The van der Waals surface area contributed by atoms with Gasteiger partial charge in [0, 0.05) is 29.3 Å². The number of aliphatic carboxylic acids is 1. The maximum atomic E-state index is 12.6. The van der Waals surface area contributed by atoms with Gasteiger partial charge in [0.25, 0.3) is 5.91 Å².